The Morgan fingerprint density at radius 2 is 1.90 bits per heavy atom. The Morgan fingerprint density at radius 3 is 2.48 bits per heavy atom. The van der Waals surface area contributed by atoms with Crippen molar-refractivity contribution in [3.05, 3.63) is 35.9 Å². The smallest absolute Gasteiger partial charge is 0.191 e. The number of hydrogen-bond acceptors (Lipinski definition) is 2. The lowest BCUT2D eigenvalue weighted by molar-refractivity contribution is 0.255. The number of benzene rings is 1. The minimum absolute atomic E-state index is 0.240. The molecular weight excluding hydrogens is 260 g/mol. The van der Waals surface area contributed by atoms with E-state index in [4.69, 9.17) is 0 Å². The van der Waals surface area contributed by atoms with E-state index in [0.29, 0.717) is 6.04 Å². The Bertz CT molecular complexity index is 416. The first-order valence-electron chi connectivity index (χ1n) is 7.80. The topological polar surface area (TPSA) is 39.7 Å². The van der Waals surface area contributed by atoms with E-state index < -0.39 is 0 Å². The van der Waals surface area contributed by atoms with Crippen LogP contribution < -0.4 is 10.6 Å². The van der Waals surface area contributed by atoms with Crippen molar-refractivity contribution in [3.63, 3.8) is 0 Å². The van der Waals surface area contributed by atoms with E-state index in [2.05, 4.69) is 72.6 Å². The van der Waals surface area contributed by atoms with Gasteiger partial charge in [-0.2, -0.15) is 0 Å². The van der Waals surface area contributed by atoms with Crippen molar-refractivity contribution in [2.24, 2.45) is 4.99 Å². The third-order valence-electron chi connectivity index (χ3n) is 3.98. The molecule has 118 valence electrons. The second-order valence-electron chi connectivity index (χ2n) is 5.51. The molecule has 0 aliphatic rings. The molecule has 0 saturated carbocycles. The number of rotatable bonds is 7. The lowest BCUT2D eigenvalue weighted by Crippen LogP contribution is -2.43. The van der Waals surface area contributed by atoms with Gasteiger partial charge in [-0.3, -0.25) is 4.99 Å². The van der Waals surface area contributed by atoms with Crippen molar-refractivity contribution < 1.29 is 0 Å². The van der Waals surface area contributed by atoms with Gasteiger partial charge in [-0.05, 0) is 32.9 Å². The predicted octanol–water partition coefficient (Wildman–Crippen LogP) is 2.64. The summed E-state index contributed by atoms with van der Waals surface area (Å²) in [5, 5.41) is 6.80. The molecule has 0 saturated heterocycles. The van der Waals surface area contributed by atoms with Gasteiger partial charge in [0.2, 0.25) is 0 Å². The number of nitrogens with zero attached hydrogens (tertiary/aromatic N) is 2. The molecular formula is C17H30N4. The number of likely N-dealkylation sites (N-methyl/N-ethyl adjacent to an activating group) is 1. The van der Waals surface area contributed by atoms with E-state index in [1.807, 2.05) is 13.1 Å². The van der Waals surface area contributed by atoms with Crippen LogP contribution in [0.25, 0.3) is 0 Å². The lowest BCUT2D eigenvalue weighted by atomic mass is 10.1. The summed E-state index contributed by atoms with van der Waals surface area (Å²) in [7, 11) is 3.98. The maximum atomic E-state index is 4.29. The molecule has 0 radical (unpaired) electrons. The Kier molecular flexibility index (Phi) is 7.83. The monoisotopic (exact) mass is 290 g/mol. The fraction of sp³-hybridized carbons (Fsp3) is 0.588. The predicted molar refractivity (Wildman–Crippen MR) is 91.7 cm³/mol. The van der Waals surface area contributed by atoms with Crippen molar-refractivity contribution in [1.82, 2.24) is 15.5 Å². The minimum atomic E-state index is 0.240. The summed E-state index contributed by atoms with van der Waals surface area (Å²) in [6.45, 7) is 8.52. The van der Waals surface area contributed by atoms with Crippen molar-refractivity contribution in [2.45, 2.75) is 39.3 Å². The van der Waals surface area contributed by atoms with Crippen LogP contribution in [0.3, 0.4) is 0 Å². The average molecular weight is 290 g/mol. The molecule has 0 heterocycles. The van der Waals surface area contributed by atoms with Gasteiger partial charge in [0, 0.05) is 26.2 Å². The van der Waals surface area contributed by atoms with Crippen molar-refractivity contribution in [3.8, 4) is 0 Å². The second kappa shape index (κ2) is 9.40. The Balaban J connectivity index is 2.39. The van der Waals surface area contributed by atoms with Gasteiger partial charge in [-0.1, -0.05) is 37.3 Å². The molecule has 0 spiro atoms. The third kappa shape index (κ3) is 6.17. The number of guanidine groups is 1. The summed E-state index contributed by atoms with van der Waals surface area (Å²) in [6.07, 6.45) is 1.18. The molecule has 0 aromatic heterocycles. The van der Waals surface area contributed by atoms with E-state index in [0.717, 1.165) is 19.0 Å². The van der Waals surface area contributed by atoms with Crippen LogP contribution in [0.4, 0.5) is 0 Å². The zero-order valence-corrected chi connectivity index (χ0v) is 14.1. The zero-order chi connectivity index (χ0) is 15.7. The summed E-state index contributed by atoms with van der Waals surface area (Å²) in [5.41, 5.74) is 1.26. The molecule has 0 aliphatic carbocycles. The molecule has 1 aromatic rings. The summed E-state index contributed by atoms with van der Waals surface area (Å²) >= 11 is 0. The van der Waals surface area contributed by atoms with Crippen LogP contribution in [0.2, 0.25) is 0 Å². The standard InChI is InChI=1S/C17H30N4/c1-6-14(2)21(5)13-12-19-17(18-4)20-15(3)16-10-8-7-9-11-16/h7-11,14-15H,6,12-13H2,1-5H3,(H2,18,19,20). The summed E-state index contributed by atoms with van der Waals surface area (Å²) in [6, 6.07) is 11.3. The van der Waals surface area contributed by atoms with Gasteiger partial charge in [-0.25, -0.2) is 0 Å². The highest BCUT2D eigenvalue weighted by Crippen LogP contribution is 2.10. The highest BCUT2D eigenvalue weighted by molar-refractivity contribution is 5.80. The van der Waals surface area contributed by atoms with Gasteiger partial charge in [0.15, 0.2) is 5.96 Å². The lowest BCUT2D eigenvalue weighted by Gasteiger charge is -2.24. The van der Waals surface area contributed by atoms with E-state index in [1.54, 1.807) is 0 Å². The van der Waals surface area contributed by atoms with E-state index in [1.165, 1.54) is 12.0 Å². The maximum Gasteiger partial charge on any atom is 0.191 e. The van der Waals surface area contributed by atoms with E-state index in [-0.39, 0.29) is 6.04 Å². The zero-order valence-electron chi connectivity index (χ0n) is 14.1. The fourth-order valence-electron chi connectivity index (χ4n) is 2.11. The molecule has 4 nitrogen and oxygen atoms in total. The van der Waals surface area contributed by atoms with Crippen molar-refractivity contribution in [2.75, 3.05) is 27.2 Å². The van der Waals surface area contributed by atoms with Crippen LogP contribution in [0.5, 0.6) is 0 Å². The first-order chi connectivity index (χ1) is 10.1. The van der Waals surface area contributed by atoms with Gasteiger partial charge >= 0.3 is 0 Å². The summed E-state index contributed by atoms with van der Waals surface area (Å²) < 4.78 is 0. The van der Waals surface area contributed by atoms with Crippen LogP contribution in [0.15, 0.2) is 35.3 Å². The molecule has 21 heavy (non-hydrogen) atoms. The van der Waals surface area contributed by atoms with Gasteiger partial charge < -0.3 is 15.5 Å². The molecule has 0 fully saturated rings. The average Bonchev–Trinajstić information content (AvgIpc) is 2.53. The number of aliphatic imine (C=N–C) groups is 1. The molecule has 0 bridgehead atoms. The fourth-order valence-corrected chi connectivity index (χ4v) is 2.11. The van der Waals surface area contributed by atoms with Crippen molar-refractivity contribution >= 4 is 5.96 Å². The molecule has 2 unspecified atom stereocenters. The quantitative estimate of drug-likeness (QED) is 0.599. The SMILES string of the molecule is CCC(C)N(C)CCNC(=NC)NC(C)c1ccccc1. The van der Waals surface area contributed by atoms with Crippen LogP contribution in [0, 0.1) is 0 Å². The highest BCUT2D eigenvalue weighted by Gasteiger charge is 2.08. The van der Waals surface area contributed by atoms with E-state index in [9.17, 15) is 0 Å². The minimum Gasteiger partial charge on any atom is -0.355 e. The summed E-state index contributed by atoms with van der Waals surface area (Å²) in [5.74, 6) is 0.851. The van der Waals surface area contributed by atoms with Crippen LogP contribution in [0.1, 0.15) is 38.8 Å². The van der Waals surface area contributed by atoms with Crippen LogP contribution >= 0.6 is 0 Å². The third-order valence-corrected chi connectivity index (χ3v) is 3.98. The molecule has 1 aromatic carbocycles. The molecule has 2 atom stereocenters. The van der Waals surface area contributed by atoms with Crippen LogP contribution in [-0.2, 0) is 0 Å². The number of nitrogens with one attached hydrogen (secondary N) is 2. The largest absolute Gasteiger partial charge is 0.355 e. The molecule has 0 amide bonds. The van der Waals surface area contributed by atoms with Gasteiger partial charge in [0.1, 0.15) is 0 Å². The van der Waals surface area contributed by atoms with Gasteiger partial charge in [0.05, 0.1) is 6.04 Å². The maximum absolute atomic E-state index is 4.29. The highest BCUT2D eigenvalue weighted by atomic mass is 15.2. The van der Waals surface area contributed by atoms with Crippen molar-refractivity contribution in [1.29, 1.82) is 0 Å². The normalized spacial score (nSPS) is 14.9. The molecule has 2 N–H and O–H groups in total. The Hall–Kier alpha value is -1.55. The first kappa shape index (κ1) is 17.5. The molecule has 0 aliphatic heterocycles. The van der Waals surface area contributed by atoms with Gasteiger partial charge in [-0.15, -0.1) is 0 Å². The summed E-state index contributed by atoms with van der Waals surface area (Å²) in [4.78, 5) is 6.65. The number of hydrogen-bond donors (Lipinski definition) is 2. The van der Waals surface area contributed by atoms with Gasteiger partial charge in [0.25, 0.3) is 0 Å². The Morgan fingerprint density at radius 1 is 1.24 bits per heavy atom. The van der Waals surface area contributed by atoms with Crippen LogP contribution in [-0.4, -0.2) is 44.1 Å². The molecule has 4 heteroatoms. The molecule has 1 rings (SSSR count). The van der Waals surface area contributed by atoms with E-state index >= 15 is 0 Å². The Labute approximate surface area is 129 Å². The first-order valence-corrected chi connectivity index (χ1v) is 7.80. The second-order valence-corrected chi connectivity index (χ2v) is 5.51.